The number of piperidine rings is 1. The summed E-state index contributed by atoms with van der Waals surface area (Å²) in [5.74, 6) is -2.93. The van der Waals surface area contributed by atoms with Gasteiger partial charge in [0.2, 0.25) is 21.8 Å². The number of ether oxygens (including phenoxy) is 3. The van der Waals surface area contributed by atoms with Gasteiger partial charge in [-0.15, -0.1) is 0 Å². The van der Waals surface area contributed by atoms with Crippen LogP contribution in [0.2, 0.25) is 0 Å². The van der Waals surface area contributed by atoms with Crippen LogP contribution in [0.1, 0.15) is 109 Å². The summed E-state index contributed by atoms with van der Waals surface area (Å²) in [6, 6.07) is 2.27. The highest BCUT2D eigenvalue weighted by Crippen LogP contribution is 2.51. The first-order valence-corrected chi connectivity index (χ1v) is 24.1. The van der Waals surface area contributed by atoms with Gasteiger partial charge in [-0.2, -0.15) is 13.2 Å². The molecule has 4 aliphatic heterocycles. The van der Waals surface area contributed by atoms with E-state index in [1.54, 1.807) is 18.2 Å². The zero-order valence-corrected chi connectivity index (χ0v) is 37.7. The molecule has 6 aliphatic rings. The average molecular weight is 917 g/mol. The number of halogens is 3. The molecule has 350 valence electrons. The van der Waals surface area contributed by atoms with Crippen LogP contribution >= 0.6 is 0 Å². The number of pyridine rings is 1. The molecule has 1 aromatic carbocycles. The molecule has 5 unspecified atom stereocenters. The third kappa shape index (κ3) is 9.38. The largest absolute Gasteiger partial charge is 0.490 e. The average Bonchev–Trinajstić information content (AvgIpc) is 4.13. The van der Waals surface area contributed by atoms with Crippen molar-refractivity contribution in [2.75, 3.05) is 33.3 Å². The Labute approximate surface area is 371 Å². The Kier molecular flexibility index (Phi) is 12.4. The van der Waals surface area contributed by atoms with E-state index in [1.165, 1.54) is 17.9 Å². The van der Waals surface area contributed by atoms with Gasteiger partial charge in [-0.05, 0) is 102 Å². The number of alkyl halides is 3. The van der Waals surface area contributed by atoms with E-state index in [0.717, 1.165) is 25.9 Å². The molecule has 5 atom stereocenters. The minimum absolute atomic E-state index is 0.00432. The molecule has 5 heterocycles. The minimum atomic E-state index is -4.94. The number of hydrogen-bond acceptors (Lipinski definition) is 11. The van der Waals surface area contributed by atoms with Crippen molar-refractivity contribution in [3.8, 4) is 11.5 Å². The Morgan fingerprint density at radius 1 is 1.06 bits per heavy atom. The number of sulfonamides is 1. The van der Waals surface area contributed by atoms with Crippen molar-refractivity contribution < 1.29 is 55.0 Å². The van der Waals surface area contributed by atoms with E-state index in [9.17, 15) is 40.8 Å². The number of aromatic nitrogens is 1. The van der Waals surface area contributed by atoms with Gasteiger partial charge >= 0.3 is 12.3 Å². The van der Waals surface area contributed by atoms with Gasteiger partial charge in [0.15, 0.2) is 11.4 Å². The Morgan fingerprint density at radius 2 is 1.81 bits per heavy atom. The maximum Gasteiger partial charge on any atom is 0.437 e. The fourth-order valence-corrected chi connectivity index (χ4v) is 10.8. The molecule has 2 aliphatic carbocycles. The quantitative estimate of drug-likeness (QED) is 0.283. The van der Waals surface area contributed by atoms with E-state index >= 15 is 0 Å². The van der Waals surface area contributed by atoms with E-state index in [-0.39, 0.29) is 68.4 Å². The van der Waals surface area contributed by atoms with E-state index in [2.05, 4.69) is 25.2 Å². The molecule has 4 fully saturated rings. The number of amides is 4. The fourth-order valence-electron chi connectivity index (χ4n) is 9.50. The molecule has 15 nitrogen and oxygen atoms in total. The zero-order chi connectivity index (χ0) is 45.8. The highest BCUT2D eigenvalue weighted by molar-refractivity contribution is 7.91. The SMILES string of the molecule is CC(C)COC(=O)NC1CCCCCC=CC2CC2(C(=O)NS(=O)(=O)C2(C)CC2)NC(=O)C2CC3(CCc4c(c(C(F)(F)F)nc5ccc(OC6CCN(C)CC6)cc45)O3)CN2C1=O. The summed E-state index contributed by atoms with van der Waals surface area (Å²) in [4.78, 5) is 64.2. The van der Waals surface area contributed by atoms with Crippen LogP contribution in [-0.2, 0) is 41.7 Å². The van der Waals surface area contributed by atoms with Gasteiger partial charge in [0, 0.05) is 36.4 Å². The molecule has 0 radical (unpaired) electrons. The standard InChI is InChI=1S/C45H59F3N6O9S/c1-27(2)25-61-41(58)50-34-11-9-7-5-6-8-10-28-23-44(28,40(57)52-64(59,60)42(3)18-19-42)51-38(55)35-24-43(26-54(35)39(34)56)17-14-31-32-22-30(62-29-15-20-53(4)21-16-29)12-13-33(32)49-37(36(31)63-43)45(46,47)48/h8,10,12-13,22,27-29,34-35H,5-7,9,11,14-21,23-26H2,1-4H3,(H,50,58)(H,51,55)(H,52,57). The van der Waals surface area contributed by atoms with Crippen LogP contribution in [0.3, 0.4) is 0 Å². The predicted octanol–water partition coefficient (Wildman–Crippen LogP) is 5.54. The summed E-state index contributed by atoms with van der Waals surface area (Å²) in [7, 11) is -2.07. The molecule has 0 bridgehead atoms. The van der Waals surface area contributed by atoms with Crippen molar-refractivity contribution >= 4 is 44.7 Å². The van der Waals surface area contributed by atoms with Gasteiger partial charge in [-0.3, -0.25) is 19.1 Å². The minimum Gasteiger partial charge on any atom is -0.490 e. The van der Waals surface area contributed by atoms with Crippen molar-refractivity contribution in [1.82, 2.24) is 30.1 Å². The first kappa shape index (κ1) is 45.9. The molecule has 2 saturated carbocycles. The number of allylic oxidation sites excluding steroid dienone is 1. The number of hydrogen-bond donors (Lipinski definition) is 3. The van der Waals surface area contributed by atoms with Crippen molar-refractivity contribution in [3.05, 3.63) is 41.6 Å². The second-order valence-electron chi connectivity index (χ2n) is 19.4. The number of carbonyl (C=O) groups excluding carboxylic acids is 4. The molecule has 2 saturated heterocycles. The second-order valence-corrected chi connectivity index (χ2v) is 21.6. The van der Waals surface area contributed by atoms with Crippen LogP contribution in [0.5, 0.6) is 11.5 Å². The summed E-state index contributed by atoms with van der Waals surface area (Å²) < 4.78 is 90.8. The third-order valence-electron chi connectivity index (χ3n) is 13.9. The van der Waals surface area contributed by atoms with E-state index in [1.807, 2.05) is 27.0 Å². The Bertz CT molecular complexity index is 2310. The van der Waals surface area contributed by atoms with Crippen molar-refractivity contribution in [2.24, 2.45) is 11.8 Å². The van der Waals surface area contributed by atoms with Gasteiger partial charge in [-0.25, -0.2) is 18.2 Å². The molecule has 2 aromatic rings. The lowest BCUT2D eigenvalue weighted by atomic mass is 9.87. The van der Waals surface area contributed by atoms with E-state index in [0.29, 0.717) is 49.7 Å². The van der Waals surface area contributed by atoms with Crippen LogP contribution in [0.25, 0.3) is 10.9 Å². The molecule has 1 spiro atoms. The number of nitrogens with zero attached hydrogens (tertiary/aromatic N) is 3. The summed E-state index contributed by atoms with van der Waals surface area (Å²) >= 11 is 0. The maximum atomic E-state index is 15.0. The van der Waals surface area contributed by atoms with E-state index in [4.69, 9.17) is 14.2 Å². The van der Waals surface area contributed by atoms with Gasteiger partial charge in [-0.1, -0.05) is 38.8 Å². The smallest absolute Gasteiger partial charge is 0.437 e. The Morgan fingerprint density at radius 3 is 2.52 bits per heavy atom. The van der Waals surface area contributed by atoms with Crippen LogP contribution in [-0.4, -0.2) is 114 Å². The van der Waals surface area contributed by atoms with E-state index < -0.39 is 85.3 Å². The van der Waals surface area contributed by atoms with Crippen molar-refractivity contribution in [3.63, 3.8) is 0 Å². The van der Waals surface area contributed by atoms with Crippen molar-refractivity contribution in [2.45, 2.75) is 144 Å². The summed E-state index contributed by atoms with van der Waals surface area (Å²) in [6.45, 7) is 6.72. The normalized spacial score (nSPS) is 28.8. The highest BCUT2D eigenvalue weighted by atomic mass is 32.2. The first-order chi connectivity index (χ1) is 30.2. The number of likely N-dealkylation sites (tertiary alicyclic amines) is 1. The highest BCUT2D eigenvalue weighted by Gasteiger charge is 2.64. The number of fused-ring (bicyclic) bond motifs is 5. The van der Waals surface area contributed by atoms with Crippen LogP contribution in [0.4, 0.5) is 18.0 Å². The van der Waals surface area contributed by atoms with Gasteiger partial charge in [0.05, 0.1) is 23.4 Å². The molecule has 64 heavy (non-hydrogen) atoms. The number of rotatable bonds is 8. The third-order valence-corrected chi connectivity index (χ3v) is 16.0. The molecule has 8 rings (SSSR count). The lowest BCUT2D eigenvalue weighted by Crippen LogP contribution is -2.58. The van der Waals surface area contributed by atoms with Gasteiger partial charge in [0.25, 0.3) is 5.91 Å². The molecular weight excluding hydrogens is 858 g/mol. The molecule has 19 heteroatoms. The molecule has 1 aromatic heterocycles. The van der Waals surface area contributed by atoms with Gasteiger partial charge in [0.1, 0.15) is 35.1 Å². The number of nitrogens with one attached hydrogen (secondary N) is 3. The summed E-state index contributed by atoms with van der Waals surface area (Å²) in [5, 5.41) is 5.93. The maximum absolute atomic E-state index is 15.0. The van der Waals surface area contributed by atoms with Crippen LogP contribution < -0.4 is 24.8 Å². The van der Waals surface area contributed by atoms with Crippen LogP contribution in [0, 0.1) is 11.8 Å². The van der Waals surface area contributed by atoms with Crippen LogP contribution in [0.15, 0.2) is 30.4 Å². The Balaban J connectivity index is 1.14. The predicted molar refractivity (Wildman–Crippen MR) is 229 cm³/mol. The Hall–Kier alpha value is -4.65. The van der Waals surface area contributed by atoms with Crippen molar-refractivity contribution in [1.29, 1.82) is 0 Å². The monoisotopic (exact) mass is 916 g/mol. The molecule has 4 amide bonds. The molecular formula is C45H59F3N6O9S. The lowest BCUT2D eigenvalue weighted by molar-refractivity contribution is -0.144. The van der Waals surface area contributed by atoms with Gasteiger partial charge < -0.3 is 34.6 Å². The topological polar surface area (TPSA) is 186 Å². The molecule has 3 N–H and O–H groups in total. The zero-order valence-electron chi connectivity index (χ0n) is 36.9. The number of aryl methyl sites for hydroxylation is 1. The lowest BCUT2D eigenvalue weighted by Gasteiger charge is -2.37. The number of alkyl carbamates (subject to hydrolysis) is 1. The fraction of sp³-hybridized carbons (Fsp3) is 0.667. The number of benzene rings is 1. The second kappa shape index (κ2) is 17.3. The summed E-state index contributed by atoms with van der Waals surface area (Å²) in [6.07, 6.45) is 2.87. The summed E-state index contributed by atoms with van der Waals surface area (Å²) in [5.41, 5.74) is -4.05. The number of carbonyl (C=O) groups is 4. The first-order valence-electron chi connectivity index (χ1n) is 22.6.